The predicted octanol–water partition coefficient (Wildman–Crippen LogP) is 4.40. The summed E-state index contributed by atoms with van der Waals surface area (Å²) in [5.41, 5.74) is 1.36. The fourth-order valence-corrected chi connectivity index (χ4v) is 2.09. The highest BCUT2D eigenvalue weighted by molar-refractivity contribution is 6.00. The highest BCUT2D eigenvalue weighted by atomic mass is 16.6. The van der Waals surface area contributed by atoms with Gasteiger partial charge in [-0.1, -0.05) is 25.3 Å². The van der Waals surface area contributed by atoms with Crippen molar-refractivity contribution < 1.29 is 28.6 Å². The van der Waals surface area contributed by atoms with Gasteiger partial charge in [0.2, 0.25) is 0 Å². The second-order valence-electron chi connectivity index (χ2n) is 6.57. The van der Waals surface area contributed by atoms with Crippen LogP contribution in [0, 0.1) is 0 Å². The van der Waals surface area contributed by atoms with Gasteiger partial charge in [0.25, 0.3) is 0 Å². The third-order valence-corrected chi connectivity index (χ3v) is 3.72. The van der Waals surface area contributed by atoms with Gasteiger partial charge in [-0.3, -0.25) is 0 Å². The zero-order valence-corrected chi connectivity index (χ0v) is 17.1. The first-order valence-corrected chi connectivity index (χ1v) is 9.45. The zero-order valence-electron chi connectivity index (χ0n) is 17.1. The third-order valence-electron chi connectivity index (χ3n) is 3.72. The summed E-state index contributed by atoms with van der Waals surface area (Å²) < 4.78 is 15.3. The van der Waals surface area contributed by atoms with Crippen molar-refractivity contribution in [1.82, 2.24) is 0 Å². The molecule has 0 radical (unpaired) electrons. The van der Waals surface area contributed by atoms with Gasteiger partial charge in [0, 0.05) is 17.2 Å². The molecule has 0 saturated carbocycles. The average molecular weight is 400 g/mol. The second kappa shape index (κ2) is 13.1. The minimum absolute atomic E-state index is 0.166. The van der Waals surface area contributed by atoms with Gasteiger partial charge in [0.05, 0.1) is 13.2 Å². The summed E-state index contributed by atoms with van der Waals surface area (Å²) in [6.07, 6.45) is 6.40. The lowest BCUT2D eigenvalue weighted by atomic mass is 10.2. The van der Waals surface area contributed by atoms with E-state index in [2.05, 4.69) is 17.9 Å². The fourth-order valence-electron chi connectivity index (χ4n) is 2.09. The van der Waals surface area contributed by atoms with Gasteiger partial charge in [-0.15, -0.1) is 0 Å². The number of ether oxygens (including phenoxy) is 3. The molecule has 1 rings (SSSR count). The average Bonchev–Trinajstić information content (AvgIpc) is 2.68. The van der Waals surface area contributed by atoms with E-state index in [1.54, 1.807) is 37.3 Å². The Balaban J connectivity index is 2.21. The zero-order chi connectivity index (χ0) is 21.6. The molecule has 0 aliphatic carbocycles. The molecule has 0 spiro atoms. The highest BCUT2D eigenvalue weighted by Crippen LogP contribution is 2.14. The maximum absolute atomic E-state index is 11.5. The lowest BCUT2D eigenvalue weighted by molar-refractivity contribution is -0.153. The normalized spacial score (nSPS) is 10.4. The van der Waals surface area contributed by atoms with Gasteiger partial charge < -0.3 is 14.2 Å². The molecule has 156 valence electrons. The van der Waals surface area contributed by atoms with Crippen LogP contribution in [0.5, 0.6) is 5.75 Å². The van der Waals surface area contributed by atoms with Crippen LogP contribution in [-0.2, 0) is 23.9 Å². The number of hydrogen-bond acceptors (Lipinski definition) is 6. The van der Waals surface area contributed by atoms with E-state index in [4.69, 9.17) is 9.47 Å². The van der Waals surface area contributed by atoms with E-state index in [-0.39, 0.29) is 11.5 Å². The van der Waals surface area contributed by atoms with E-state index in [9.17, 15) is 14.4 Å². The number of benzene rings is 1. The van der Waals surface area contributed by atoms with Gasteiger partial charge in [-0.2, -0.15) is 0 Å². The Morgan fingerprint density at radius 1 is 0.862 bits per heavy atom. The summed E-state index contributed by atoms with van der Waals surface area (Å²) in [5, 5.41) is 0. The molecule has 1 aromatic rings. The van der Waals surface area contributed by atoms with Gasteiger partial charge in [-0.05, 0) is 63.3 Å². The van der Waals surface area contributed by atoms with Gasteiger partial charge in [-0.25, -0.2) is 14.4 Å². The summed E-state index contributed by atoms with van der Waals surface area (Å²) in [5.74, 6) is -1.09. The first-order chi connectivity index (χ1) is 13.8. The summed E-state index contributed by atoms with van der Waals surface area (Å²) in [6, 6.07) is 7.22. The molecular weight excluding hydrogens is 372 g/mol. The number of esters is 3. The first-order valence-electron chi connectivity index (χ1n) is 9.45. The Labute approximate surface area is 171 Å². The molecule has 0 aromatic heterocycles. The molecule has 0 unspecified atom stereocenters. The van der Waals surface area contributed by atoms with E-state index < -0.39 is 11.9 Å². The molecule has 6 heteroatoms. The molecule has 0 heterocycles. The molecule has 0 aliphatic rings. The third kappa shape index (κ3) is 10.7. The molecule has 6 nitrogen and oxygen atoms in total. The van der Waals surface area contributed by atoms with Gasteiger partial charge in [0.15, 0.2) is 0 Å². The van der Waals surface area contributed by atoms with Crippen LogP contribution in [0.25, 0.3) is 6.08 Å². The predicted molar refractivity (Wildman–Crippen MR) is 111 cm³/mol. The smallest absolute Gasteiger partial charge is 0.340 e. The maximum Gasteiger partial charge on any atom is 0.340 e. The number of hydrogen-bond donors (Lipinski definition) is 0. The largest absolute Gasteiger partial charge is 0.494 e. The van der Waals surface area contributed by atoms with Crippen molar-refractivity contribution in [2.45, 2.75) is 39.5 Å². The molecule has 0 saturated heterocycles. The molecule has 0 fully saturated rings. The Bertz CT molecular complexity index is 758. The molecule has 0 atom stereocenters. The van der Waals surface area contributed by atoms with E-state index in [1.807, 2.05) is 0 Å². The molecule has 1 aromatic carbocycles. The first kappa shape index (κ1) is 23.9. The lowest BCUT2D eigenvalue weighted by Crippen LogP contribution is -2.10. The van der Waals surface area contributed by atoms with Crippen molar-refractivity contribution in [2.24, 2.45) is 0 Å². The van der Waals surface area contributed by atoms with Crippen LogP contribution in [-0.4, -0.2) is 31.1 Å². The van der Waals surface area contributed by atoms with Crippen LogP contribution in [0.15, 0.2) is 54.6 Å². The minimum Gasteiger partial charge on any atom is -0.494 e. The molecule has 0 aliphatic heterocycles. The Kier molecular flexibility index (Phi) is 10.8. The van der Waals surface area contributed by atoms with Crippen molar-refractivity contribution >= 4 is 24.0 Å². The topological polar surface area (TPSA) is 78.9 Å². The second-order valence-corrected chi connectivity index (χ2v) is 6.57. The number of unbranched alkanes of at least 4 members (excludes halogenated alkanes) is 3. The van der Waals surface area contributed by atoms with Crippen LogP contribution in [0.4, 0.5) is 0 Å². The molecule has 0 amide bonds. The Hall–Kier alpha value is -3.15. The summed E-state index contributed by atoms with van der Waals surface area (Å²) in [7, 11) is 0. The number of carbonyl (C=O) groups is 3. The van der Waals surface area contributed by atoms with Crippen LogP contribution in [0.3, 0.4) is 0 Å². The standard InChI is InChI=1S/C23H28O6/c1-17(2)22(25)28-16-8-6-5-7-15-27-20-12-9-19(10-13-20)11-14-21(24)29-23(26)18(3)4/h9-14H,1,3,5-8,15-16H2,2,4H3/b14-11+. The fraction of sp³-hybridized carbons (Fsp3) is 0.348. The van der Waals surface area contributed by atoms with Crippen molar-refractivity contribution in [1.29, 1.82) is 0 Å². The maximum atomic E-state index is 11.5. The van der Waals surface area contributed by atoms with Crippen LogP contribution < -0.4 is 4.74 Å². The van der Waals surface area contributed by atoms with Gasteiger partial charge in [0.1, 0.15) is 5.75 Å². The Morgan fingerprint density at radius 3 is 2.03 bits per heavy atom. The van der Waals surface area contributed by atoms with Crippen LogP contribution >= 0.6 is 0 Å². The van der Waals surface area contributed by atoms with Crippen LogP contribution in [0.2, 0.25) is 0 Å². The molecular formula is C23H28O6. The summed E-state index contributed by atoms with van der Waals surface area (Å²) >= 11 is 0. The SMILES string of the molecule is C=C(C)C(=O)OCCCCCCOc1ccc(/C=C/C(=O)OC(=O)C(=C)C)cc1. The van der Waals surface area contributed by atoms with Crippen molar-refractivity contribution in [3.63, 3.8) is 0 Å². The summed E-state index contributed by atoms with van der Waals surface area (Å²) in [6.45, 7) is 11.1. The minimum atomic E-state index is -0.743. The van der Waals surface area contributed by atoms with Crippen molar-refractivity contribution in [3.05, 3.63) is 60.2 Å². The van der Waals surface area contributed by atoms with Crippen LogP contribution in [0.1, 0.15) is 45.1 Å². The quantitative estimate of drug-likeness (QED) is 0.224. The lowest BCUT2D eigenvalue weighted by Gasteiger charge is -2.07. The Morgan fingerprint density at radius 2 is 1.45 bits per heavy atom. The van der Waals surface area contributed by atoms with E-state index >= 15 is 0 Å². The molecule has 0 N–H and O–H groups in total. The highest BCUT2D eigenvalue weighted by Gasteiger charge is 2.07. The monoisotopic (exact) mass is 400 g/mol. The molecule has 0 bridgehead atoms. The van der Waals surface area contributed by atoms with E-state index in [1.165, 1.54) is 13.0 Å². The van der Waals surface area contributed by atoms with Crippen molar-refractivity contribution in [3.8, 4) is 5.75 Å². The van der Waals surface area contributed by atoms with Gasteiger partial charge >= 0.3 is 17.9 Å². The number of carbonyl (C=O) groups excluding carboxylic acids is 3. The van der Waals surface area contributed by atoms with Crippen molar-refractivity contribution in [2.75, 3.05) is 13.2 Å². The molecule has 29 heavy (non-hydrogen) atoms. The van der Waals surface area contributed by atoms with E-state index in [0.717, 1.165) is 37.0 Å². The number of rotatable bonds is 12. The summed E-state index contributed by atoms with van der Waals surface area (Å²) in [4.78, 5) is 34.0. The van der Waals surface area contributed by atoms with E-state index in [0.29, 0.717) is 18.8 Å².